The zero-order chi connectivity index (χ0) is 19.4. The molecule has 0 radical (unpaired) electrons. The maximum atomic E-state index is 12.6. The summed E-state index contributed by atoms with van der Waals surface area (Å²) in [5.41, 5.74) is 2.46. The molecule has 0 bridgehead atoms. The molecule has 0 aliphatic carbocycles. The van der Waals surface area contributed by atoms with E-state index in [-0.39, 0.29) is 12.0 Å². The Morgan fingerprint density at radius 2 is 2.00 bits per heavy atom. The summed E-state index contributed by atoms with van der Waals surface area (Å²) in [7, 11) is 3.10. The van der Waals surface area contributed by atoms with Crippen LogP contribution in [0.1, 0.15) is 35.3 Å². The van der Waals surface area contributed by atoms with Gasteiger partial charge in [0.1, 0.15) is 29.1 Å². The van der Waals surface area contributed by atoms with Crippen LogP contribution in [0.4, 0.5) is 0 Å². The molecule has 1 N–H and O–H groups in total. The van der Waals surface area contributed by atoms with E-state index in [0.29, 0.717) is 30.2 Å². The topological polar surface area (TPSA) is 66.0 Å². The van der Waals surface area contributed by atoms with Crippen molar-refractivity contribution in [2.75, 3.05) is 20.8 Å². The monoisotopic (exact) mass is 371 g/mol. The van der Waals surface area contributed by atoms with Crippen LogP contribution in [0.25, 0.3) is 0 Å². The number of nitrogens with one attached hydrogen (secondary N) is 1. The number of rotatable bonds is 7. The van der Waals surface area contributed by atoms with Gasteiger partial charge in [0.15, 0.2) is 0 Å². The molecule has 0 spiro atoms. The van der Waals surface area contributed by atoms with Gasteiger partial charge in [-0.25, -0.2) is 0 Å². The fourth-order valence-electron chi connectivity index (χ4n) is 3.17. The molecule has 1 aliphatic rings. The van der Waals surface area contributed by atoms with Gasteiger partial charge in [0.25, 0.3) is 5.91 Å². The predicted octanol–water partition coefficient (Wildman–Crippen LogP) is 3.36. The number of ether oxygens (including phenoxy) is 4. The highest BCUT2D eigenvalue weighted by Crippen LogP contribution is 2.35. The second-order valence-electron chi connectivity index (χ2n) is 6.38. The number of amides is 1. The molecule has 0 aromatic heterocycles. The van der Waals surface area contributed by atoms with Gasteiger partial charge in [-0.1, -0.05) is 0 Å². The average Bonchev–Trinajstić information content (AvgIpc) is 3.04. The molecule has 1 amide bonds. The maximum Gasteiger partial charge on any atom is 0.255 e. The fraction of sp³-hybridized carbons (Fsp3) is 0.381. The van der Waals surface area contributed by atoms with Crippen molar-refractivity contribution in [3.63, 3.8) is 0 Å². The van der Waals surface area contributed by atoms with Crippen LogP contribution in [-0.2, 0) is 13.0 Å². The molecule has 0 saturated carbocycles. The number of benzene rings is 2. The normalized spacial score (nSPS) is 14.9. The average molecular weight is 371 g/mol. The Balaban J connectivity index is 1.78. The van der Waals surface area contributed by atoms with Crippen LogP contribution in [0.3, 0.4) is 0 Å². The van der Waals surface area contributed by atoms with E-state index in [9.17, 15) is 4.79 Å². The second kappa shape index (κ2) is 8.20. The molecule has 0 fully saturated rings. The zero-order valence-corrected chi connectivity index (χ0v) is 16.1. The minimum Gasteiger partial charge on any atom is -0.497 e. The van der Waals surface area contributed by atoms with Gasteiger partial charge in [-0.15, -0.1) is 0 Å². The van der Waals surface area contributed by atoms with Crippen molar-refractivity contribution in [1.82, 2.24) is 5.32 Å². The van der Waals surface area contributed by atoms with Gasteiger partial charge in [-0.3, -0.25) is 4.79 Å². The highest BCUT2D eigenvalue weighted by atomic mass is 16.5. The molecule has 0 saturated heterocycles. The number of carbonyl (C=O) groups excluding carboxylic acids is 1. The lowest BCUT2D eigenvalue weighted by Gasteiger charge is -2.14. The van der Waals surface area contributed by atoms with E-state index >= 15 is 0 Å². The first-order valence-electron chi connectivity index (χ1n) is 9.01. The van der Waals surface area contributed by atoms with Gasteiger partial charge in [0.2, 0.25) is 0 Å². The molecule has 1 aliphatic heterocycles. The van der Waals surface area contributed by atoms with Crippen molar-refractivity contribution in [2.24, 2.45) is 0 Å². The second-order valence-corrected chi connectivity index (χ2v) is 6.38. The molecule has 6 heteroatoms. The van der Waals surface area contributed by atoms with Crippen LogP contribution in [0.5, 0.6) is 23.0 Å². The highest BCUT2D eigenvalue weighted by molar-refractivity contribution is 5.97. The zero-order valence-electron chi connectivity index (χ0n) is 16.1. The minimum absolute atomic E-state index is 0.155. The number of hydrogen-bond acceptors (Lipinski definition) is 5. The molecular formula is C21H25NO5. The maximum absolute atomic E-state index is 12.6. The molecule has 27 heavy (non-hydrogen) atoms. The number of carbonyl (C=O) groups is 1. The largest absolute Gasteiger partial charge is 0.497 e. The lowest BCUT2D eigenvalue weighted by molar-refractivity contribution is 0.0947. The Morgan fingerprint density at radius 1 is 1.19 bits per heavy atom. The Hall–Kier alpha value is -2.89. The third-order valence-corrected chi connectivity index (χ3v) is 4.47. The van der Waals surface area contributed by atoms with Gasteiger partial charge in [0, 0.05) is 30.2 Å². The molecule has 1 heterocycles. The predicted molar refractivity (Wildman–Crippen MR) is 102 cm³/mol. The lowest BCUT2D eigenvalue weighted by Crippen LogP contribution is -2.23. The summed E-state index contributed by atoms with van der Waals surface area (Å²) in [5, 5.41) is 2.93. The fourth-order valence-corrected chi connectivity index (χ4v) is 3.17. The Morgan fingerprint density at radius 3 is 2.70 bits per heavy atom. The van der Waals surface area contributed by atoms with Gasteiger partial charge in [-0.2, -0.15) is 0 Å². The molecule has 2 aromatic rings. The van der Waals surface area contributed by atoms with Gasteiger partial charge >= 0.3 is 0 Å². The van der Waals surface area contributed by atoms with Gasteiger partial charge < -0.3 is 24.3 Å². The van der Waals surface area contributed by atoms with Crippen LogP contribution >= 0.6 is 0 Å². The van der Waals surface area contributed by atoms with E-state index in [2.05, 4.69) is 5.32 Å². The van der Waals surface area contributed by atoms with E-state index in [1.807, 2.05) is 26.0 Å². The first-order valence-corrected chi connectivity index (χ1v) is 9.01. The van der Waals surface area contributed by atoms with Crippen molar-refractivity contribution in [3.05, 3.63) is 47.0 Å². The highest BCUT2D eigenvalue weighted by Gasteiger charge is 2.22. The van der Waals surface area contributed by atoms with Crippen molar-refractivity contribution >= 4 is 5.91 Å². The van der Waals surface area contributed by atoms with Crippen LogP contribution in [0.15, 0.2) is 30.3 Å². The standard InChI is InChI=1S/C21H25NO5/c1-5-26-18-9-14-8-13(2)27-19(14)10-15(18)12-22-21(23)17-7-6-16(24-3)11-20(17)25-4/h6-7,9-11,13H,5,8,12H2,1-4H3,(H,22,23)/t13-/m0/s1. The Kier molecular flexibility index (Phi) is 5.74. The molecular weight excluding hydrogens is 346 g/mol. The van der Waals surface area contributed by atoms with E-state index in [0.717, 1.165) is 29.0 Å². The van der Waals surface area contributed by atoms with E-state index < -0.39 is 0 Å². The van der Waals surface area contributed by atoms with Crippen molar-refractivity contribution in [2.45, 2.75) is 32.9 Å². The molecule has 1 atom stereocenters. The third kappa shape index (κ3) is 4.10. The Bertz CT molecular complexity index is 834. The summed E-state index contributed by atoms with van der Waals surface area (Å²) in [6.07, 6.45) is 1.02. The number of methoxy groups -OCH3 is 2. The SMILES string of the molecule is CCOc1cc2c(cc1CNC(=O)c1ccc(OC)cc1OC)O[C@@H](C)C2. The van der Waals surface area contributed by atoms with E-state index in [1.54, 1.807) is 25.3 Å². The van der Waals surface area contributed by atoms with Crippen LogP contribution in [0.2, 0.25) is 0 Å². The smallest absolute Gasteiger partial charge is 0.255 e. The van der Waals surface area contributed by atoms with Crippen LogP contribution < -0.4 is 24.3 Å². The van der Waals surface area contributed by atoms with Crippen LogP contribution in [0, 0.1) is 0 Å². The molecule has 0 unspecified atom stereocenters. The van der Waals surface area contributed by atoms with Crippen molar-refractivity contribution < 1.29 is 23.7 Å². The Labute approximate surface area is 159 Å². The van der Waals surface area contributed by atoms with E-state index in [4.69, 9.17) is 18.9 Å². The molecule has 6 nitrogen and oxygen atoms in total. The van der Waals surface area contributed by atoms with Gasteiger partial charge in [0.05, 0.1) is 26.4 Å². The van der Waals surface area contributed by atoms with E-state index in [1.165, 1.54) is 7.11 Å². The first kappa shape index (κ1) is 18.9. The van der Waals surface area contributed by atoms with Gasteiger partial charge in [-0.05, 0) is 38.1 Å². The summed E-state index contributed by atoms with van der Waals surface area (Å²) in [6, 6.07) is 9.07. The van der Waals surface area contributed by atoms with Crippen molar-refractivity contribution in [3.8, 4) is 23.0 Å². The summed E-state index contributed by atoms with van der Waals surface area (Å²) < 4.78 is 22.1. The summed E-state index contributed by atoms with van der Waals surface area (Å²) in [6.45, 7) is 4.87. The summed E-state index contributed by atoms with van der Waals surface area (Å²) >= 11 is 0. The third-order valence-electron chi connectivity index (χ3n) is 4.47. The van der Waals surface area contributed by atoms with Crippen molar-refractivity contribution in [1.29, 1.82) is 0 Å². The quantitative estimate of drug-likeness (QED) is 0.808. The first-order chi connectivity index (χ1) is 13.0. The molecule has 2 aromatic carbocycles. The number of hydrogen-bond donors (Lipinski definition) is 1. The lowest BCUT2D eigenvalue weighted by atomic mass is 10.1. The molecule has 144 valence electrons. The van der Waals surface area contributed by atoms with Crippen LogP contribution in [-0.4, -0.2) is 32.8 Å². The summed E-state index contributed by atoms with van der Waals surface area (Å²) in [5.74, 6) is 2.50. The number of fused-ring (bicyclic) bond motifs is 1. The summed E-state index contributed by atoms with van der Waals surface area (Å²) in [4.78, 5) is 12.6. The molecule has 3 rings (SSSR count). The minimum atomic E-state index is -0.230.